The van der Waals surface area contributed by atoms with Crippen LogP contribution in [0.25, 0.3) is 0 Å². The second kappa shape index (κ2) is 5.53. The van der Waals surface area contributed by atoms with Gasteiger partial charge in [0.15, 0.2) is 0 Å². The van der Waals surface area contributed by atoms with E-state index in [9.17, 15) is 14.1 Å². The Labute approximate surface area is 94.9 Å². The topological polar surface area (TPSA) is 97.7 Å². The van der Waals surface area contributed by atoms with E-state index in [-0.39, 0.29) is 5.75 Å². The average Bonchev–Trinajstić information content (AvgIpc) is 2.17. The van der Waals surface area contributed by atoms with E-state index in [4.69, 9.17) is 10.2 Å². The van der Waals surface area contributed by atoms with Crippen molar-refractivity contribution in [1.29, 1.82) is 0 Å². The van der Waals surface area contributed by atoms with E-state index < -0.39 is 28.4 Å². The van der Waals surface area contributed by atoms with E-state index in [0.29, 0.717) is 5.56 Å². The van der Waals surface area contributed by atoms with E-state index >= 15 is 0 Å². The molecular formula is C10H10O5S. The summed E-state index contributed by atoms with van der Waals surface area (Å²) < 4.78 is 11.5. The molecule has 0 aliphatic heterocycles. The van der Waals surface area contributed by atoms with E-state index in [2.05, 4.69) is 0 Å². The number of carboxylic acid groups (broad SMARTS) is 2. The van der Waals surface area contributed by atoms with Crippen LogP contribution in [0.2, 0.25) is 0 Å². The first kappa shape index (κ1) is 12.5. The zero-order chi connectivity index (χ0) is 12.1. The third-order valence-electron chi connectivity index (χ3n) is 1.86. The molecule has 0 aliphatic rings. The Morgan fingerprint density at radius 3 is 2.12 bits per heavy atom. The molecule has 0 saturated heterocycles. The van der Waals surface area contributed by atoms with Crippen LogP contribution in [-0.4, -0.2) is 32.0 Å². The first-order valence-corrected chi connectivity index (χ1v) is 5.77. The van der Waals surface area contributed by atoms with Crippen LogP contribution in [0.1, 0.15) is 5.56 Å². The van der Waals surface area contributed by atoms with Crippen molar-refractivity contribution in [1.82, 2.24) is 0 Å². The lowest BCUT2D eigenvalue weighted by atomic mass is 10.2. The summed E-state index contributed by atoms with van der Waals surface area (Å²) >= 11 is -1.97. The molecule has 6 heteroatoms. The highest BCUT2D eigenvalue weighted by Crippen LogP contribution is 2.12. The highest BCUT2D eigenvalue weighted by atomic mass is 32.2. The van der Waals surface area contributed by atoms with Gasteiger partial charge in [0.25, 0.3) is 0 Å². The molecule has 86 valence electrons. The maximum atomic E-state index is 11.5. The van der Waals surface area contributed by atoms with Gasteiger partial charge in [-0.2, -0.15) is 0 Å². The Hall–Kier alpha value is -1.53. The molecule has 0 aromatic heterocycles. The smallest absolute Gasteiger partial charge is 0.369 e. The minimum absolute atomic E-state index is 0.0793. The summed E-state index contributed by atoms with van der Waals surface area (Å²) in [5, 5.41) is 15.4. The largest absolute Gasteiger partial charge is 0.615 e. The molecule has 0 amide bonds. The Morgan fingerprint density at radius 1 is 1.19 bits per heavy atom. The van der Waals surface area contributed by atoms with E-state index in [0.717, 1.165) is 0 Å². The second-order valence-corrected chi connectivity index (χ2v) is 4.59. The van der Waals surface area contributed by atoms with E-state index in [1.807, 2.05) is 0 Å². The Morgan fingerprint density at radius 2 is 1.69 bits per heavy atom. The molecule has 5 nitrogen and oxygen atoms in total. The number of benzene rings is 1. The molecule has 0 fully saturated rings. The zero-order valence-electron chi connectivity index (χ0n) is 8.20. The summed E-state index contributed by atoms with van der Waals surface area (Å²) in [6.45, 7) is 0. The second-order valence-electron chi connectivity index (χ2n) is 3.07. The summed E-state index contributed by atoms with van der Waals surface area (Å²) in [5.74, 6) is -3.24. The molecule has 0 bridgehead atoms. The van der Waals surface area contributed by atoms with Crippen LogP contribution in [0.15, 0.2) is 30.3 Å². The molecule has 2 N–H and O–H groups in total. The third kappa shape index (κ3) is 3.25. The van der Waals surface area contributed by atoms with Crippen molar-refractivity contribution >= 4 is 23.1 Å². The summed E-state index contributed by atoms with van der Waals surface area (Å²) in [6, 6.07) is 8.52. The van der Waals surface area contributed by atoms with Crippen LogP contribution in [0, 0.1) is 0 Å². The van der Waals surface area contributed by atoms with Crippen LogP contribution in [0.4, 0.5) is 0 Å². The maximum absolute atomic E-state index is 11.5. The highest BCUT2D eigenvalue weighted by molar-refractivity contribution is 7.92. The molecule has 0 aliphatic carbocycles. The third-order valence-corrected chi connectivity index (χ3v) is 3.41. The van der Waals surface area contributed by atoms with Gasteiger partial charge in [0.05, 0.1) is 0 Å². The lowest BCUT2D eigenvalue weighted by molar-refractivity contribution is -0.146. The Balaban J connectivity index is 2.74. The normalized spacial score (nSPS) is 12.4. The van der Waals surface area contributed by atoms with Gasteiger partial charge in [-0.25, -0.2) is 9.59 Å². The summed E-state index contributed by atoms with van der Waals surface area (Å²) in [6.07, 6.45) is 0. The molecule has 1 rings (SSSR count). The number of rotatable bonds is 5. The zero-order valence-corrected chi connectivity index (χ0v) is 9.02. The van der Waals surface area contributed by atoms with Gasteiger partial charge in [-0.05, 0) is 11.2 Å². The van der Waals surface area contributed by atoms with Gasteiger partial charge in [-0.1, -0.05) is 30.3 Å². The minimum Gasteiger partial charge on any atom is -0.615 e. The fourth-order valence-corrected chi connectivity index (χ4v) is 2.29. The standard InChI is InChI=1S/C10H10O5S/c11-9(12)8(10(13)14)16(15)6-7-4-2-1-3-5-7/h1-5,8H,6H2,(H,11,12)(H,13,14)/t16-/m1/s1. The Kier molecular flexibility index (Phi) is 4.33. The average molecular weight is 242 g/mol. The predicted molar refractivity (Wildman–Crippen MR) is 57.3 cm³/mol. The quantitative estimate of drug-likeness (QED) is 0.578. The minimum atomic E-state index is -1.97. The summed E-state index contributed by atoms with van der Waals surface area (Å²) in [4.78, 5) is 21.2. The van der Waals surface area contributed by atoms with Crippen molar-refractivity contribution in [2.45, 2.75) is 11.0 Å². The fourth-order valence-electron chi connectivity index (χ4n) is 1.15. The van der Waals surface area contributed by atoms with Gasteiger partial charge in [0.1, 0.15) is 5.75 Å². The van der Waals surface area contributed by atoms with Crippen LogP contribution in [-0.2, 0) is 26.5 Å². The molecule has 1 aromatic rings. The lowest BCUT2D eigenvalue weighted by Gasteiger charge is -2.14. The van der Waals surface area contributed by atoms with Crippen molar-refractivity contribution in [3.63, 3.8) is 0 Å². The molecule has 0 heterocycles. The van der Waals surface area contributed by atoms with Crippen molar-refractivity contribution < 1.29 is 24.4 Å². The molecule has 0 unspecified atom stereocenters. The summed E-state index contributed by atoms with van der Waals surface area (Å²) in [5.41, 5.74) is 0.647. The highest BCUT2D eigenvalue weighted by Gasteiger charge is 2.37. The fraction of sp³-hybridized carbons (Fsp3) is 0.200. The van der Waals surface area contributed by atoms with E-state index in [1.54, 1.807) is 30.3 Å². The predicted octanol–water partition coefficient (Wildman–Crippen LogP) is 0.473. The first-order chi connectivity index (χ1) is 7.52. The van der Waals surface area contributed by atoms with Crippen molar-refractivity contribution in [2.75, 3.05) is 0 Å². The van der Waals surface area contributed by atoms with Crippen LogP contribution < -0.4 is 0 Å². The van der Waals surface area contributed by atoms with Gasteiger partial charge >= 0.3 is 17.2 Å². The molecule has 0 radical (unpaired) electrons. The Bertz CT molecular complexity index is 364. The maximum Gasteiger partial charge on any atom is 0.369 e. The molecule has 1 aromatic carbocycles. The van der Waals surface area contributed by atoms with Crippen molar-refractivity contribution in [2.24, 2.45) is 0 Å². The number of hydrogen-bond acceptors (Lipinski definition) is 3. The van der Waals surface area contributed by atoms with Gasteiger partial charge in [-0.3, -0.25) is 0 Å². The van der Waals surface area contributed by atoms with Crippen molar-refractivity contribution in [3.05, 3.63) is 35.9 Å². The summed E-state index contributed by atoms with van der Waals surface area (Å²) in [7, 11) is 0. The van der Waals surface area contributed by atoms with Crippen LogP contribution in [0.3, 0.4) is 0 Å². The van der Waals surface area contributed by atoms with Crippen LogP contribution in [0.5, 0.6) is 0 Å². The SMILES string of the molecule is O=C(O)C(C(=O)O)[S@+]([O-])Cc1ccccc1. The van der Waals surface area contributed by atoms with Gasteiger partial charge in [-0.15, -0.1) is 0 Å². The first-order valence-electron chi connectivity index (χ1n) is 4.39. The number of carboxylic acids is 2. The van der Waals surface area contributed by atoms with Gasteiger partial charge < -0.3 is 14.8 Å². The molecule has 16 heavy (non-hydrogen) atoms. The number of hydrogen-bond donors (Lipinski definition) is 2. The van der Waals surface area contributed by atoms with E-state index in [1.165, 1.54) is 0 Å². The monoisotopic (exact) mass is 242 g/mol. The van der Waals surface area contributed by atoms with Gasteiger partial charge in [0.2, 0.25) is 0 Å². The molecule has 0 spiro atoms. The molecular weight excluding hydrogens is 232 g/mol. The number of aliphatic carboxylic acids is 2. The number of carbonyl (C=O) groups is 2. The van der Waals surface area contributed by atoms with Gasteiger partial charge in [0, 0.05) is 5.56 Å². The van der Waals surface area contributed by atoms with Crippen molar-refractivity contribution in [3.8, 4) is 0 Å². The lowest BCUT2D eigenvalue weighted by Crippen LogP contribution is -2.38. The molecule has 1 atom stereocenters. The molecule has 0 saturated carbocycles. The van der Waals surface area contributed by atoms with Crippen LogP contribution >= 0.6 is 0 Å².